The van der Waals surface area contributed by atoms with E-state index in [1.807, 2.05) is 0 Å². The topological polar surface area (TPSA) is 120 Å². The molecule has 1 aliphatic rings. The van der Waals surface area contributed by atoms with Crippen LogP contribution in [-0.4, -0.2) is 45.5 Å². The summed E-state index contributed by atoms with van der Waals surface area (Å²) in [6, 6.07) is 0. The molecule has 3 aromatic heterocycles. The molecule has 4 heterocycles. The molecular weight excluding hydrogens is 434 g/mol. The maximum atomic E-state index is 12.9. The number of nitrogens with one attached hydrogen (secondary N) is 1. The van der Waals surface area contributed by atoms with E-state index < -0.39 is 23.8 Å². The Bertz CT molecular complexity index is 1350. The molecule has 0 aliphatic carbocycles. The van der Waals surface area contributed by atoms with Crippen molar-refractivity contribution in [2.75, 3.05) is 7.11 Å². The number of aromatic nitrogens is 3. The highest BCUT2D eigenvalue weighted by Gasteiger charge is 2.29. The van der Waals surface area contributed by atoms with E-state index in [1.54, 1.807) is 25.3 Å². The normalized spacial score (nSPS) is 13.8. The summed E-state index contributed by atoms with van der Waals surface area (Å²) in [6.45, 7) is 7.08. The largest absolute Gasteiger partial charge is 0.465 e. The summed E-state index contributed by atoms with van der Waals surface area (Å²) < 4.78 is 11.9. The van der Waals surface area contributed by atoms with Crippen molar-refractivity contribution in [1.29, 1.82) is 0 Å². The van der Waals surface area contributed by atoms with Gasteiger partial charge in [-0.25, -0.2) is 14.6 Å². The van der Waals surface area contributed by atoms with Crippen molar-refractivity contribution < 1.29 is 23.9 Å². The minimum absolute atomic E-state index is 0.146. The third-order valence-electron chi connectivity index (χ3n) is 5.82. The van der Waals surface area contributed by atoms with E-state index in [1.165, 1.54) is 14.0 Å². The van der Waals surface area contributed by atoms with Crippen LogP contribution >= 0.6 is 11.3 Å². The average molecular weight is 458 g/mol. The van der Waals surface area contributed by atoms with E-state index >= 15 is 0 Å². The molecule has 1 unspecified atom stereocenters. The van der Waals surface area contributed by atoms with Gasteiger partial charge < -0.3 is 14.5 Å². The summed E-state index contributed by atoms with van der Waals surface area (Å²) >= 11 is 1.10. The van der Waals surface area contributed by atoms with E-state index in [9.17, 15) is 19.2 Å². The van der Waals surface area contributed by atoms with Crippen molar-refractivity contribution in [3.05, 3.63) is 49.1 Å². The number of thiophene rings is 1. The molecular formula is C22H23N3O6S. The number of H-pyrrole nitrogens is 1. The molecule has 32 heavy (non-hydrogen) atoms. The molecule has 0 aromatic carbocycles. The second-order valence-electron chi connectivity index (χ2n) is 7.85. The highest BCUT2D eigenvalue weighted by atomic mass is 32.1. The van der Waals surface area contributed by atoms with Crippen molar-refractivity contribution in [2.45, 2.75) is 53.2 Å². The second kappa shape index (κ2) is 8.01. The Hall–Kier alpha value is -3.27. The zero-order valence-corrected chi connectivity index (χ0v) is 19.3. The summed E-state index contributed by atoms with van der Waals surface area (Å²) in [5.41, 5.74) is 1.77. The molecule has 1 aliphatic heterocycles. The Morgan fingerprint density at radius 2 is 1.88 bits per heavy atom. The Morgan fingerprint density at radius 1 is 1.16 bits per heavy atom. The Labute approximate surface area is 187 Å². The summed E-state index contributed by atoms with van der Waals surface area (Å²) in [5.74, 6) is -0.979. The smallest absolute Gasteiger partial charge is 0.349 e. The van der Waals surface area contributed by atoms with E-state index in [0.717, 1.165) is 30.0 Å². The summed E-state index contributed by atoms with van der Waals surface area (Å²) in [6.07, 6.45) is 0.506. The van der Waals surface area contributed by atoms with Gasteiger partial charge in [-0.2, -0.15) is 0 Å². The van der Waals surface area contributed by atoms with Gasteiger partial charge in [-0.15, -0.1) is 11.3 Å². The van der Waals surface area contributed by atoms with Gasteiger partial charge in [0, 0.05) is 18.7 Å². The van der Waals surface area contributed by atoms with Crippen molar-refractivity contribution in [3.63, 3.8) is 0 Å². The number of aryl methyl sites for hydroxylation is 3. The zero-order chi connectivity index (χ0) is 23.3. The van der Waals surface area contributed by atoms with Crippen LogP contribution in [0.2, 0.25) is 0 Å². The SMILES string of the molecule is COC(=O)c1c(C)[nH]c(C(=O)C(C)OC(=O)c2sc3nc4n(c(=O)c3c2C)CCC4)c1C. The Balaban J connectivity index is 1.61. The lowest BCUT2D eigenvalue weighted by atomic mass is 10.1. The molecule has 4 rings (SSSR count). The monoisotopic (exact) mass is 457 g/mol. The van der Waals surface area contributed by atoms with E-state index in [4.69, 9.17) is 9.47 Å². The number of rotatable bonds is 5. The first kappa shape index (κ1) is 21.9. The van der Waals surface area contributed by atoms with Crippen LogP contribution in [-0.2, 0) is 22.4 Å². The van der Waals surface area contributed by atoms with Crippen molar-refractivity contribution >= 4 is 39.3 Å². The molecule has 3 aromatic rings. The highest BCUT2D eigenvalue weighted by Crippen LogP contribution is 2.30. The maximum Gasteiger partial charge on any atom is 0.349 e. The van der Waals surface area contributed by atoms with Gasteiger partial charge >= 0.3 is 11.9 Å². The Kier molecular flexibility index (Phi) is 5.49. The van der Waals surface area contributed by atoms with Crippen LogP contribution < -0.4 is 5.56 Å². The molecule has 0 bridgehead atoms. The fourth-order valence-corrected chi connectivity index (χ4v) is 5.22. The zero-order valence-electron chi connectivity index (χ0n) is 18.5. The fraction of sp³-hybridized carbons (Fsp3) is 0.409. The van der Waals surface area contributed by atoms with Crippen LogP contribution in [0.1, 0.15) is 66.5 Å². The number of ether oxygens (including phenoxy) is 2. The first-order chi connectivity index (χ1) is 15.1. The lowest BCUT2D eigenvalue weighted by Crippen LogP contribution is -2.25. The third kappa shape index (κ3) is 3.35. The highest BCUT2D eigenvalue weighted by molar-refractivity contribution is 7.20. The lowest BCUT2D eigenvalue weighted by Gasteiger charge is -2.12. The van der Waals surface area contributed by atoms with Gasteiger partial charge in [0.25, 0.3) is 5.56 Å². The molecule has 0 saturated heterocycles. The van der Waals surface area contributed by atoms with Gasteiger partial charge in [0.1, 0.15) is 15.5 Å². The molecule has 0 amide bonds. The molecule has 1 N–H and O–H groups in total. The van der Waals surface area contributed by atoms with E-state index in [0.29, 0.717) is 33.6 Å². The lowest BCUT2D eigenvalue weighted by molar-refractivity contribution is 0.0321. The minimum Gasteiger partial charge on any atom is -0.465 e. The Morgan fingerprint density at radius 3 is 2.56 bits per heavy atom. The molecule has 9 nitrogen and oxygen atoms in total. The maximum absolute atomic E-state index is 12.9. The van der Waals surface area contributed by atoms with Gasteiger partial charge in [-0.1, -0.05) is 0 Å². The molecule has 0 saturated carbocycles. The quantitative estimate of drug-likeness (QED) is 0.462. The number of ketones is 1. The van der Waals surface area contributed by atoms with Crippen LogP contribution in [0, 0.1) is 20.8 Å². The number of carbonyl (C=O) groups excluding carboxylic acids is 3. The van der Waals surface area contributed by atoms with Crippen LogP contribution in [0.3, 0.4) is 0 Å². The van der Waals surface area contributed by atoms with Gasteiger partial charge in [0.15, 0.2) is 6.10 Å². The average Bonchev–Trinajstić information content (AvgIpc) is 3.43. The predicted octanol–water partition coefficient (Wildman–Crippen LogP) is 2.87. The van der Waals surface area contributed by atoms with Crippen molar-refractivity contribution in [1.82, 2.24) is 14.5 Å². The van der Waals surface area contributed by atoms with Crippen molar-refractivity contribution in [3.8, 4) is 0 Å². The number of esters is 2. The van der Waals surface area contributed by atoms with Crippen LogP contribution in [0.15, 0.2) is 4.79 Å². The number of aromatic amines is 1. The third-order valence-corrected chi connectivity index (χ3v) is 6.99. The number of hydrogen-bond acceptors (Lipinski definition) is 8. The second-order valence-corrected chi connectivity index (χ2v) is 8.85. The molecule has 10 heteroatoms. The summed E-state index contributed by atoms with van der Waals surface area (Å²) in [4.78, 5) is 58.8. The molecule has 0 radical (unpaired) electrons. The van der Waals surface area contributed by atoms with Gasteiger partial charge in [-0.05, 0) is 45.2 Å². The van der Waals surface area contributed by atoms with E-state index in [2.05, 4.69) is 9.97 Å². The standard InChI is InChI=1S/C22H23N3O6S/c1-9-14(21(28)30-5)11(3)23-16(9)17(26)12(4)31-22(29)18-10(2)15-19(32-18)24-13-7-6-8-25(13)20(15)27/h12,23H,6-8H2,1-5H3. The van der Waals surface area contributed by atoms with E-state index in [-0.39, 0.29) is 21.7 Å². The number of nitrogens with zero attached hydrogens (tertiary/aromatic N) is 2. The fourth-order valence-electron chi connectivity index (χ4n) is 4.15. The van der Waals surface area contributed by atoms with Gasteiger partial charge in [0.2, 0.25) is 5.78 Å². The summed E-state index contributed by atoms with van der Waals surface area (Å²) in [7, 11) is 1.27. The number of hydrogen-bond donors (Lipinski definition) is 1. The van der Waals surface area contributed by atoms with Crippen LogP contribution in [0.25, 0.3) is 10.2 Å². The molecule has 0 spiro atoms. The summed E-state index contributed by atoms with van der Waals surface area (Å²) in [5, 5.41) is 0.421. The first-order valence-electron chi connectivity index (χ1n) is 10.2. The number of carbonyl (C=O) groups is 3. The van der Waals surface area contributed by atoms with Gasteiger partial charge in [-0.3, -0.25) is 14.2 Å². The van der Waals surface area contributed by atoms with Crippen LogP contribution in [0.5, 0.6) is 0 Å². The van der Waals surface area contributed by atoms with Crippen molar-refractivity contribution in [2.24, 2.45) is 0 Å². The number of fused-ring (bicyclic) bond motifs is 2. The van der Waals surface area contributed by atoms with Crippen LogP contribution in [0.4, 0.5) is 0 Å². The number of Topliss-reactive ketones (excluding diaryl/α,β-unsaturated/α-hetero) is 1. The number of methoxy groups -OCH3 is 1. The molecule has 1 atom stereocenters. The molecule has 168 valence electrons. The molecule has 0 fully saturated rings. The predicted molar refractivity (Wildman–Crippen MR) is 118 cm³/mol. The minimum atomic E-state index is -1.10. The van der Waals surface area contributed by atoms with Gasteiger partial charge in [0.05, 0.1) is 23.8 Å². The first-order valence-corrected chi connectivity index (χ1v) is 11.0.